The maximum atomic E-state index is 14.4. The van der Waals surface area contributed by atoms with E-state index in [0.29, 0.717) is 66.9 Å². The van der Waals surface area contributed by atoms with Gasteiger partial charge in [0.1, 0.15) is 11.6 Å². The highest BCUT2D eigenvalue weighted by molar-refractivity contribution is 6.07. The average molecular weight is 733 g/mol. The van der Waals surface area contributed by atoms with Crippen LogP contribution in [0, 0.1) is 13.8 Å². The number of urea groups is 1. The molecule has 5 heterocycles. The van der Waals surface area contributed by atoms with Gasteiger partial charge in [-0.3, -0.25) is 29.1 Å². The molecule has 3 aliphatic rings. The van der Waals surface area contributed by atoms with E-state index < -0.39 is 17.6 Å². The fourth-order valence-corrected chi connectivity index (χ4v) is 7.33. The molecular weight excluding hydrogens is 689 g/mol. The molecule has 2 saturated heterocycles. The standard InChI is InChI=1S/C37H43F3N10O3/c1-23-5-8-28(19-31(23)50-22-27-20-41-35(44-33(27)46(3)36(50)52)43-32-17-24(2)45-47(32)4)42-34(51)25-6-7-26(30(18-25)37(38,39)40)21-48-11-9-29(10-12-48)49-13-15-53-16-14-49/h5-8,17-20,29H,9-16,21-22H2,1-4H3,(H,42,51)(H,41,43,44). The summed E-state index contributed by atoms with van der Waals surface area (Å²) in [5.41, 5.74) is 2.37. The summed E-state index contributed by atoms with van der Waals surface area (Å²) in [5.74, 6) is 0.773. The van der Waals surface area contributed by atoms with Gasteiger partial charge in [0.2, 0.25) is 5.95 Å². The van der Waals surface area contributed by atoms with E-state index >= 15 is 0 Å². The Morgan fingerprint density at radius 3 is 2.45 bits per heavy atom. The fourth-order valence-electron chi connectivity index (χ4n) is 7.33. The predicted octanol–water partition coefficient (Wildman–Crippen LogP) is 5.71. The van der Waals surface area contributed by atoms with Gasteiger partial charge < -0.3 is 15.4 Å². The summed E-state index contributed by atoms with van der Waals surface area (Å²) in [6.45, 7) is 8.66. The number of likely N-dealkylation sites (tertiary alicyclic amines) is 1. The Balaban J connectivity index is 1.04. The fraction of sp³-hybridized carbons (Fsp3) is 0.432. The molecule has 3 aliphatic heterocycles. The molecule has 53 heavy (non-hydrogen) atoms. The van der Waals surface area contributed by atoms with Gasteiger partial charge in [-0.05, 0) is 75.2 Å². The number of hydrogen-bond acceptors (Lipinski definition) is 9. The summed E-state index contributed by atoms with van der Waals surface area (Å²) in [5, 5.41) is 10.2. The number of carbonyl (C=O) groups is 2. The molecule has 4 aromatic rings. The van der Waals surface area contributed by atoms with E-state index in [1.807, 2.05) is 19.9 Å². The number of aryl methyl sites for hydroxylation is 3. The zero-order valence-corrected chi connectivity index (χ0v) is 30.2. The smallest absolute Gasteiger partial charge is 0.379 e. The lowest BCUT2D eigenvalue weighted by molar-refractivity contribution is -0.138. The molecule has 0 spiro atoms. The van der Waals surface area contributed by atoms with Gasteiger partial charge in [-0.15, -0.1) is 0 Å². The Labute approximate surface area is 305 Å². The van der Waals surface area contributed by atoms with Crippen LogP contribution in [0.15, 0.2) is 48.7 Å². The number of aromatic nitrogens is 4. The van der Waals surface area contributed by atoms with Crippen molar-refractivity contribution in [3.8, 4) is 0 Å². The molecule has 0 unspecified atom stereocenters. The quantitative estimate of drug-likeness (QED) is 0.234. The van der Waals surface area contributed by atoms with Crippen LogP contribution < -0.4 is 20.4 Å². The van der Waals surface area contributed by atoms with Gasteiger partial charge in [0.05, 0.1) is 36.7 Å². The van der Waals surface area contributed by atoms with Gasteiger partial charge in [0.25, 0.3) is 5.91 Å². The molecule has 3 amide bonds. The Morgan fingerprint density at radius 2 is 1.75 bits per heavy atom. The molecule has 0 atom stereocenters. The molecule has 280 valence electrons. The maximum Gasteiger partial charge on any atom is 0.416 e. The van der Waals surface area contributed by atoms with Gasteiger partial charge in [0.15, 0.2) is 0 Å². The number of nitrogens with zero attached hydrogens (tertiary/aromatic N) is 8. The highest BCUT2D eigenvalue weighted by Gasteiger charge is 2.36. The minimum atomic E-state index is -4.64. The van der Waals surface area contributed by atoms with Gasteiger partial charge in [-0.2, -0.15) is 23.3 Å². The molecule has 13 nitrogen and oxygen atoms in total. The monoisotopic (exact) mass is 732 g/mol. The van der Waals surface area contributed by atoms with E-state index in [2.05, 4.69) is 35.5 Å². The lowest BCUT2D eigenvalue weighted by Gasteiger charge is -2.40. The predicted molar refractivity (Wildman–Crippen MR) is 195 cm³/mol. The van der Waals surface area contributed by atoms with Gasteiger partial charge in [0, 0.05) is 68.8 Å². The van der Waals surface area contributed by atoms with Crippen LogP contribution in [0.5, 0.6) is 0 Å². The first-order chi connectivity index (χ1) is 25.3. The van der Waals surface area contributed by atoms with Crippen LogP contribution in [-0.2, 0) is 31.1 Å². The summed E-state index contributed by atoms with van der Waals surface area (Å²) in [4.78, 5) is 43.6. The van der Waals surface area contributed by atoms with E-state index in [1.54, 1.807) is 48.1 Å². The van der Waals surface area contributed by atoms with Crippen molar-refractivity contribution in [3.63, 3.8) is 0 Å². The topological polar surface area (TPSA) is 124 Å². The van der Waals surface area contributed by atoms with Crippen LogP contribution in [-0.4, -0.2) is 94.0 Å². The average Bonchev–Trinajstić information content (AvgIpc) is 3.46. The molecule has 0 aliphatic carbocycles. The van der Waals surface area contributed by atoms with Crippen molar-refractivity contribution in [2.75, 3.05) is 66.9 Å². The lowest BCUT2D eigenvalue weighted by Crippen LogP contribution is -2.48. The van der Waals surface area contributed by atoms with Crippen molar-refractivity contribution in [2.24, 2.45) is 7.05 Å². The summed E-state index contributed by atoms with van der Waals surface area (Å²) in [7, 11) is 3.42. The number of ether oxygens (including phenoxy) is 1. The number of morpholine rings is 1. The van der Waals surface area contributed by atoms with Crippen LogP contribution >= 0.6 is 0 Å². The summed E-state index contributed by atoms with van der Waals surface area (Å²) < 4.78 is 50.2. The van der Waals surface area contributed by atoms with Crippen LogP contribution in [0.2, 0.25) is 0 Å². The number of anilines is 5. The van der Waals surface area contributed by atoms with E-state index in [0.717, 1.165) is 43.3 Å². The van der Waals surface area contributed by atoms with Crippen LogP contribution in [0.4, 0.5) is 46.9 Å². The minimum absolute atomic E-state index is 0.111. The Morgan fingerprint density at radius 1 is 1.00 bits per heavy atom. The van der Waals surface area contributed by atoms with Gasteiger partial charge >= 0.3 is 12.2 Å². The van der Waals surface area contributed by atoms with Crippen molar-refractivity contribution < 1.29 is 27.5 Å². The molecule has 2 N–H and O–H groups in total. The number of fused-ring (bicyclic) bond motifs is 1. The Kier molecular flexibility index (Phi) is 10.1. The first kappa shape index (κ1) is 36.3. The van der Waals surface area contributed by atoms with Gasteiger partial charge in [-0.1, -0.05) is 12.1 Å². The molecule has 7 rings (SSSR count). The van der Waals surface area contributed by atoms with Crippen molar-refractivity contribution in [3.05, 3.63) is 82.2 Å². The number of piperidine rings is 1. The van der Waals surface area contributed by atoms with Gasteiger partial charge in [-0.25, -0.2) is 9.78 Å². The third-order valence-electron chi connectivity index (χ3n) is 10.2. The van der Waals surface area contributed by atoms with Crippen molar-refractivity contribution in [1.29, 1.82) is 0 Å². The van der Waals surface area contributed by atoms with E-state index in [1.165, 1.54) is 17.0 Å². The van der Waals surface area contributed by atoms with E-state index in [9.17, 15) is 22.8 Å². The van der Waals surface area contributed by atoms with E-state index in [-0.39, 0.29) is 30.2 Å². The zero-order valence-electron chi connectivity index (χ0n) is 30.2. The number of benzene rings is 2. The number of rotatable bonds is 8. The summed E-state index contributed by atoms with van der Waals surface area (Å²) >= 11 is 0. The molecule has 0 bridgehead atoms. The molecule has 2 fully saturated rings. The van der Waals surface area contributed by atoms with Crippen LogP contribution in [0.3, 0.4) is 0 Å². The second-order valence-corrected chi connectivity index (χ2v) is 13.9. The third-order valence-corrected chi connectivity index (χ3v) is 10.2. The number of hydrogen-bond donors (Lipinski definition) is 2. The molecule has 16 heteroatoms. The molecule has 0 saturated carbocycles. The lowest BCUT2D eigenvalue weighted by atomic mass is 9.99. The highest BCUT2D eigenvalue weighted by Crippen LogP contribution is 2.36. The number of alkyl halides is 3. The Bertz CT molecular complexity index is 2000. The molecule has 2 aromatic carbocycles. The largest absolute Gasteiger partial charge is 0.416 e. The zero-order chi connectivity index (χ0) is 37.4. The maximum absolute atomic E-state index is 14.4. The third kappa shape index (κ3) is 7.84. The first-order valence-corrected chi connectivity index (χ1v) is 17.7. The van der Waals surface area contributed by atoms with Crippen molar-refractivity contribution in [1.82, 2.24) is 29.5 Å². The molecule has 2 aromatic heterocycles. The number of carbonyl (C=O) groups excluding carboxylic acids is 2. The Hall–Kier alpha value is -5.06. The SMILES string of the molecule is Cc1cc(Nc2ncc3c(n2)N(C)C(=O)N(c2cc(NC(=O)c4ccc(CN5CCC(N6CCOCC6)CC5)c(C(F)(F)F)c4)ccc2C)C3)n(C)n1. The van der Waals surface area contributed by atoms with Crippen molar-refractivity contribution in [2.45, 2.75) is 52.0 Å². The summed E-state index contributed by atoms with van der Waals surface area (Å²) in [6.07, 6.45) is -1.19. The first-order valence-electron chi connectivity index (χ1n) is 17.7. The number of nitrogens with one attached hydrogen (secondary N) is 2. The normalized spacial score (nSPS) is 17.6. The number of halogens is 3. The molecule has 0 radical (unpaired) electrons. The highest BCUT2D eigenvalue weighted by atomic mass is 19.4. The van der Waals surface area contributed by atoms with Crippen LogP contribution in [0.25, 0.3) is 0 Å². The summed E-state index contributed by atoms with van der Waals surface area (Å²) in [6, 6.07) is 10.8. The van der Waals surface area contributed by atoms with Crippen molar-refractivity contribution >= 4 is 40.9 Å². The minimum Gasteiger partial charge on any atom is -0.379 e. The number of amides is 3. The van der Waals surface area contributed by atoms with E-state index in [4.69, 9.17) is 4.74 Å². The second-order valence-electron chi connectivity index (χ2n) is 13.9. The van der Waals surface area contributed by atoms with Crippen LogP contribution in [0.1, 0.15) is 51.1 Å². The second kappa shape index (κ2) is 14.8. The molecular formula is C37H43F3N10O3.